The molecule has 4 rings (SSSR count). The Morgan fingerprint density at radius 2 is 1.94 bits per heavy atom. The largest absolute Gasteiger partial charge is 0.487 e. The van der Waals surface area contributed by atoms with Crippen LogP contribution in [0, 0.1) is 11.6 Å². The molecule has 2 amide bonds. The van der Waals surface area contributed by atoms with Crippen LogP contribution in [-0.2, 0) is 11.4 Å². The van der Waals surface area contributed by atoms with E-state index in [0.717, 1.165) is 18.3 Å². The molecule has 3 aromatic rings. The normalized spacial score (nSPS) is 15.4. The predicted molar refractivity (Wildman–Crippen MR) is 118 cm³/mol. The van der Waals surface area contributed by atoms with Crippen LogP contribution >= 0.6 is 23.2 Å². The molecule has 1 aliphatic rings. The molecule has 1 aliphatic heterocycles. The van der Waals surface area contributed by atoms with E-state index in [1.807, 2.05) is 0 Å². The molecule has 0 saturated heterocycles. The number of anilines is 1. The van der Waals surface area contributed by atoms with Crippen molar-refractivity contribution in [1.29, 1.82) is 0 Å². The van der Waals surface area contributed by atoms with Crippen molar-refractivity contribution in [3.63, 3.8) is 0 Å². The van der Waals surface area contributed by atoms with Crippen LogP contribution in [0.3, 0.4) is 0 Å². The number of carbonyl (C=O) groups excluding carboxylic acids is 2. The summed E-state index contributed by atoms with van der Waals surface area (Å²) in [5, 5.41) is 11.8. The number of benzene rings is 1. The van der Waals surface area contributed by atoms with E-state index in [2.05, 4.69) is 20.3 Å². The monoisotopic (exact) mass is 509 g/mol. The number of likely N-dealkylation sites (N-methyl/N-ethyl adjacent to an activating group) is 1. The minimum atomic E-state index is -1.12. The van der Waals surface area contributed by atoms with Gasteiger partial charge in [0.15, 0.2) is 11.6 Å². The number of hydrogen-bond donors (Lipinski definition) is 2. The summed E-state index contributed by atoms with van der Waals surface area (Å²) in [6.45, 7) is -1.05. The molecule has 0 spiro atoms. The van der Waals surface area contributed by atoms with Gasteiger partial charge in [0.1, 0.15) is 24.3 Å². The highest BCUT2D eigenvalue weighted by atomic mass is 35.5. The van der Waals surface area contributed by atoms with Gasteiger partial charge in [-0.1, -0.05) is 23.2 Å². The molecule has 34 heavy (non-hydrogen) atoms. The molecule has 2 aromatic heterocycles. The van der Waals surface area contributed by atoms with Crippen molar-refractivity contribution in [3.8, 4) is 17.0 Å². The Hall–Kier alpha value is -3.41. The fourth-order valence-corrected chi connectivity index (χ4v) is 3.60. The zero-order valence-corrected chi connectivity index (χ0v) is 18.9. The highest BCUT2D eigenvalue weighted by Crippen LogP contribution is 2.31. The van der Waals surface area contributed by atoms with Gasteiger partial charge in [0, 0.05) is 30.4 Å². The average Bonchev–Trinajstić information content (AvgIpc) is 2.91. The van der Waals surface area contributed by atoms with E-state index in [-0.39, 0.29) is 34.5 Å². The second-order valence-corrected chi connectivity index (χ2v) is 8.02. The Kier molecular flexibility index (Phi) is 6.60. The van der Waals surface area contributed by atoms with Crippen molar-refractivity contribution in [1.82, 2.24) is 20.3 Å². The lowest BCUT2D eigenvalue weighted by atomic mass is 10.1. The Morgan fingerprint density at radius 3 is 2.62 bits per heavy atom. The zero-order valence-electron chi connectivity index (χ0n) is 17.4. The van der Waals surface area contributed by atoms with Crippen LogP contribution in [0.2, 0.25) is 10.0 Å². The molecule has 1 aromatic carbocycles. The van der Waals surface area contributed by atoms with Crippen molar-refractivity contribution in [2.45, 2.75) is 12.6 Å². The maximum atomic E-state index is 14.1. The van der Waals surface area contributed by atoms with Gasteiger partial charge in [-0.05, 0) is 12.1 Å². The topological polar surface area (TPSA) is 118 Å². The third-order valence-corrected chi connectivity index (χ3v) is 5.46. The number of aromatic nitrogens is 3. The van der Waals surface area contributed by atoms with Crippen molar-refractivity contribution in [2.75, 3.05) is 18.6 Å². The van der Waals surface area contributed by atoms with Gasteiger partial charge in [0.25, 0.3) is 11.8 Å². The summed E-state index contributed by atoms with van der Waals surface area (Å²) in [6, 6.07) is 2.23. The molecule has 1 unspecified atom stereocenters. The fourth-order valence-electron chi connectivity index (χ4n) is 3.25. The average molecular weight is 510 g/mol. The first-order chi connectivity index (χ1) is 16.2. The highest BCUT2D eigenvalue weighted by Gasteiger charge is 2.32. The standard InChI is InChI=1S/C21H15Cl2F2N5O4/c1-30-19-16(4-10(22)5-27-19)34-8-15(21(30)33)28-20(32)18-26-6-12(23)17(29-18)9-2-13(24)11(7-31)14(25)3-9/h2-6,15,31H,7-8H2,1H3,(H,28,32). The van der Waals surface area contributed by atoms with Crippen LogP contribution in [0.4, 0.5) is 14.6 Å². The fraction of sp³-hybridized carbons (Fsp3) is 0.190. The van der Waals surface area contributed by atoms with E-state index in [1.165, 1.54) is 24.2 Å². The number of hydrogen-bond acceptors (Lipinski definition) is 7. The summed E-state index contributed by atoms with van der Waals surface area (Å²) >= 11 is 12.0. The summed E-state index contributed by atoms with van der Waals surface area (Å²) in [4.78, 5) is 38.8. The first kappa shape index (κ1) is 23.7. The molecule has 9 nitrogen and oxygen atoms in total. The number of amides is 2. The van der Waals surface area contributed by atoms with Gasteiger partial charge in [0.05, 0.1) is 28.5 Å². The second-order valence-electron chi connectivity index (χ2n) is 7.18. The quantitative estimate of drug-likeness (QED) is 0.555. The third-order valence-electron chi connectivity index (χ3n) is 4.98. The van der Waals surface area contributed by atoms with E-state index in [9.17, 15) is 18.4 Å². The van der Waals surface area contributed by atoms with Crippen molar-refractivity contribution in [3.05, 3.63) is 63.7 Å². The number of aliphatic hydroxyl groups is 1. The number of pyridine rings is 1. The first-order valence-electron chi connectivity index (χ1n) is 9.68. The Labute approximate surface area is 201 Å². The smallest absolute Gasteiger partial charge is 0.289 e. The summed E-state index contributed by atoms with van der Waals surface area (Å²) < 4.78 is 33.8. The van der Waals surface area contributed by atoms with Gasteiger partial charge in [-0.15, -0.1) is 0 Å². The number of nitrogens with zero attached hydrogens (tertiary/aromatic N) is 4. The van der Waals surface area contributed by atoms with Gasteiger partial charge in [-0.2, -0.15) is 0 Å². The number of halogens is 4. The number of fused-ring (bicyclic) bond motifs is 1. The lowest BCUT2D eigenvalue weighted by Gasteiger charge is -2.19. The SMILES string of the molecule is CN1C(=O)C(NC(=O)c2ncc(Cl)c(-c3cc(F)c(CO)c(F)c3)n2)COc2cc(Cl)cnc21. The Balaban J connectivity index is 1.59. The lowest BCUT2D eigenvalue weighted by molar-refractivity contribution is -0.120. The van der Waals surface area contributed by atoms with E-state index in [4.69, 9.17) is 33.0 Å². The number of aliphatic hydroxyl groups excluding tert-OH is 1. The minimum absolute atomic E-state index is 0.0688. The predicted octanol–water partition coefficient (Wildman–Crippen LogP) is 2.77. The van der Waals surface area contributed by atoms with Crippen LogP contribution in [0.25, 0.3) is 11.3 Å². The van der Waals surface area contributed by atoms with Gasteiger partial charge in [0.2, 0.25) is 5.82 Å². The zero-order chi connectivity index (χ0) is 24.6. The molecule has 13 heteroatoms. The molecule has 0 bridgehead atoms. The van der Waals surface area contributed by atoms with Crippen LogP contribution < -0.4 is 15.0 Å². The van der Waals surface area contributed by atoms with Crippen LogP contribution in [0.15, 0.2) is 30.6 Å². The molecular formula is C21H15Cl2F2N5O4. The van der Waals surface area contributed by atoms with Crippen LogP contribution in [0.5, 0.6) is 5.75 Å². The van der Waals surface area contributed by atoms with Crippen molar-refractivity contribution in [2.24, 2.45) is 0 Å². The molecule has 3 heterocycles. The van der Waals surface area contributed by atoms with Crippen molar-refractivity contribution < 1.29 is 28.2 Å². The number of rotatable bonds is 4. The first-order valence-corrected chi connectivity index (χ1v) is 10.4. The summed E-state index contributed by atoms with van der Waals surface area (Å²) in [6.07, 6.45) is 2.45. The molecule has 2 N–H and O–H groups in total. The highest BCUT2D eigenvalue weighted by molar-refractivity contribution is 6.33. The molecule has 0 aliphatic carbocycles. The molecule has 0 fully saturated rings. The van der Waals surface area contributed by atoms with E-state index in [1.54, 1.807) is 0 Å². The second kappa shape index (κ2) is 9.45. The molecular weight excluding hydrogens is 495 g/mol. The maximum Gasteiger partial charge on any atom is 0.289 e. The Morgan fingerprint density at radius 1 is 1.24 bits per heavy atom. The molecule has 1 atom stereocenters. The number of carbonyl (C=O) groups is 2. The molecule has 0 saturated carbocycles. The van der Waals surface area contributed by atoms with E-state index < -0.39 is 47.5 Å². The van der Waals surface area contributed by atoms with Gasteiger partial charge in [-0.25, -0.2) is 23.7 Å². The van der Waals surface area contributed by atoms with Gasteiger partial charge >= 0.3 is 0 Å². The molecule has 176 valence electrons. The number of ether oxygens (including phenoxy) is 1. The van der Waals surface area contributed by atoms with E-state index >= 15 is 0 Å². The summed E-state index contributed by atoms with van der Waals surface area (Å²) in [5.74, 6) is -3.28. The van der Waals surface area contributed by atoms with Gasteiger partial charge < -0.3 is 15.2 Å². The van der Waals surface area contributed by atoms with Crippen molar-refractivity contribution >= 4 is 40.8 Å². The molecule has 0 radical (unpaired) electrons. The summed E-state index contributed by atoms with van der Waals surface area (Å²) in [5.41, 5.74) is -0.698. The lowest BCUT2D eigenvalue weighted by Crippen LogP contribution is -2.49. The minimum Gasteiger partial charge on any atom is -0.487 e. The Bertz CT molecular complexity index is 1290. The number of nitrogens with one attached hydrogen (secondary N) is 1. The maximum absolute atomic E-state index is 14.1. The summed E-state index contributed by atoms with van der Waals surface area (Å²) in [7, 11) is 1.46. The third kappa shape index (κ3) is 4.49. The van der Waals surface area contributed by atoms with E-state index in [0.29, 0.717) is 5.02 Å². The van der Waals surface area contributed by atoms with Gasteiger partial charge in [-0.3, -0.25) is 14.5 Å². The van der Waals surface area contributed by atoms with Crippen LogP contribution in [-0.4, -0.2) is 51.6 Å². The van der Waals surface area contributed by atoms with Crippen LogP contribution in [0.1, 0.15) is 16.2 Å².